The fourth-order valence-electron chi connectivity index (χ4n) is 4.82. The van der Waals surface area contributed by atoms with Crippen LogP contribution in [0.3, 0.4) is 0 Å². The molecule has 5 nitrogen and oxygen atoms in total. The first-order valence-electron chi connectivity index (χ1n) is 13.1. The van der Waals surface area contributed by atoms with Gasteiger partial charge in [0.05, 0.1) is 34.3 Å². The summed E-state index contributed by atoms with van der Waals surface area (Å²) in [7, 11) is -2.33. The number of β-amino-alcohol motifs (C(OH)–C–C–N with tert-alkyl or cyclic N) is 1. The van der Waals surface area contributed by atoms with Crippen LogP contribution in [0.25, 0.3) is 10.1 Å². The Kier molecular flexibility index (Phi) is 9.33. The van der Waals surface area contributed by atoms with Crippen molar-refractivity contribution in [3.05, 3.63) is 52.9 Å². The summed E-state index contributed by atoms with van der Waals surface area (Å²) in [5.74, 6) is 5.97. The Labute approximate surface area is 232 Å². The van der Waals surface area contributed by atoms with Gasteiger partial charge in [-0.3, -0.25) is 0 Å². The van der Waals surface area contributed by atoms with Gasteiger partial charge in [0.15, 0.2) is 0 Å². The molecule has 1 aromatic heterocycles. The molecule has 210 valence electrons. The number of hydrogen-bond acceptors (Lipinski definition) is 6. The maximum Gasteiger partial charge on any atom is 0.393 e. The van der Waals surface area contributed by atoms with Gasteiger partial charge >= 0.3 is 6.18 Å². The van der Waals surface area contributed by atoms with Crippen LogP contribution in [0.1, 0.15) is 30.2 Å². The lowest BCUT2D eigenvalue weighted by atomic mass is 10.0. The standard InChI is InChI=1S/C29H35F3N3O2PS/c1-20(36)19-35-16-13-22(14-17-35)34-26-7-4-6-24-25(18-29(30,31)32)27(39-28(24)26)8-5-15-33-21-9-11-23(12-10-21)38(2,3)37/h4,6-7,9-12,20,22,33-34,36H,13-19H2,1-3H3. The second-order valence-electron chi connectivity index (χ2n) is 10.5. The molecule has 0 saturated carbocycles. The molecule has 0 radical (unpaired) electrons. The molecule has 1 unspecified atom stereocenters. The SMILES string of the molecule is CC(O)CN1CCC(Nc2cccc3c(CC(F)(F)F)c(C#CCNc4ccc(P(C)(C)=O)cc4)sc23)CC1. The number of fused-ring (bicyclic) bond motifs is 1. The molecule has 1 saturated heterocycles. The van der Waals surface area contributed by atoms with E-state index < -0.39 is 19.7 Å². The predicted molar refractivity (Wildman–Crippen MR) is 157 cm³/mol. The Morgan fingerprint density at radius 2 is 1.85 bits per heavy atom. The van der Waals surface area contributed by atoms with Gasteiger partial charge in [-0.05, 0) is 74.4 Å². The summed E-state index contributed by atoms with van der Waals surface area (Å²) in [6.07, 6.45) is -3.94. The minimum absolute atomic E-state index is 0.216. The first-order chi connectivity index (χ1) is 18.4. The first-order valence-corrected chi connectivity index (χ1v) is 16.5. The van der Waals surface area contributed by atoms with Gasteiger partial charge < -0.3 is 25.2 Å². The average Bonchev–Trinajstić information content (AvgIpc) is 3.19. The minimum Gasteiger partial charge on any atom is -0.392 e. The third kappa shape index (κ3) is 8.25. The van der Waals surface area contributed by atoms with E-state index in [2.05, 4.69) is 27.4 Å². The Morgan fingerprint density at radius 1 is 1.15 bits per heavy atom. The van der Waals surface area contributed by atoms with Gasteiger partial charge in [-0.25, -0.2) is 0 Å². The molecule has 1 aliphatic heterocycles. The van der Waals surface area contributed by atoms with Crippen LogP contribution in [0.4, 0.5) is 24.5 Å². The van der Waals surface area contributed by atoms with Gasteiger partial charge in [0.25, 0.3) is 0 Å². The number of nitrogens with zero attached hydrogens (tertiary/aromatic N) is 1. The zero-order valence-electron chi connectivity index (χ0n) is 22.4. The second kappa shape index (κ2) is 12.3. The number of aliphatic hydroxyl groups excluding tert-OH is 1. The molecule has 3 aromatic rings. The van der Waals surface area contributed by atoms with E-state index in [0.717, 1.165) is 47.3 Å². The van der Waals surface area contributed by atoms with E-state index in [4.69, 9.17) is 0 Å². The van der Waals surface area contributed by atoms with Gasteiger partial charge in [0.1, 0.15) is 7.14 Å². The molecule has 0 spiro atoms. The topological polar surface area (TPSA) is 64.6 Å². The van der Waals surface area contributed by atoms with Crippen molar-refractivity contribution in [1.82, 2.24) is 4.90 Å². The van der Waals surface area contributed by atoms with Crippen molar-refractivity contribution in [2.45, 2.75) is 44.5 Å². The number of hydrogen-bond donors (Lipinski definition) is 3. The lowest BCUT2D eigenvalue weighted by molar-refractivity contribution is -0.126. The van der Waals surface area contributed by atoms with Crippen molar-refractivity contribution in [3.63, 3.8) is 0 Å². The average molecular weight is 578 g/mol. The molecule has 2 aromatic carbocycles. The Hall–Kier alpha value is -2.50. The van der Waals surface area contributed by atoms with Crippen molar-refractivity contribution in [3.8, 4) is 11.8 Å². The lowest BCUT2D eigenvalue weighted by Gasteiger charge is -2.33. The smallest absolute Gasteiger partial charge is 0.392 e. The number of likely N-dealkylation sites (tertiary alicyclic amines) is 1. The molecule has 1 atom stereocenters. The third-order valence-electron chi connectivity index (χ3n) is 6.74. The maximum absolute atomic E-state index is 13.5. The fraction of sp³-hybridized carbons (Fsp3) is 0.448. The summed E-state index contributed by atoms with van der Waals surface area (Å²) in [5.41, 5.74) is 1.86. The quantitative estimate of drug-likeness (QED) is 0.227. The van der Waals surface area contributed by atoms with Gasteiger partial charge in [0.2, 0.25) is 0 Å². The highest BCUT2D eigenvalue weighted by Crippen LogP contribution is 2.39. The number of nitrogens with one attached hydrogen (secondary N) is 2. The van der Waals surface area contributed by atoms with E-state index in [-0.39, 0.29) is 24.3 Å². The zero-order chi connectivity index (χ0) is 28.2. The van der Waals surface area contributed by atoms with Crippen LogP contribution in [-0.2, 0) is 11.0 Å². The van der Waals surface area contributed by atoms with Crippen LogP contribution in [-0.4, -0.2) is 67.8 Å². The van der Waals surface area contributed by atoms with Crippen molar-refractivity contribution in [2.24, 2.45) is 0 Å². The van der Waals surface area contributed by atoms with Crippen LogP contribution in [0.5, 0.6) is 0 Å². The first kappa shape index (κ1) is 29.5. The van der Waals surface area contributed by atoms with E-state index in [0.29, 0.717) is 16.8 Å². The Morgan fingerprint density at radius 3 is 2.46 bits per heavy atom. The number of anilines is 2. The van der Waals surface area contributed by atoms with Crippen LogP contribution in [0.15, 0.2) is 42.5 Å². The van der Waals surface area contributed by atoms with Crippen molar-refractivity contribution < 1.29 is 22.8 Å². The molecule has 3 N–H and O–H groups in total. The molecule has 0 amide bonds. The monoisotopic (exact) mass is 577 g/mol. The molecule has 10 heteroatoms. The molecule has 0 bridgehead atoms. The Bertz CT molecular complexity index is 1380. The highest BCUT2D eigenvalue weighted by atomic mass is 32.1. The summed E-state index contributed by atoms with van der Waals surface area (Å²) < 4.78 is 53.6. The van der Waals surface area contributed by atoms with Crippen LogP contribution in [0, 0.1) is 11.8 Å². The van der Waals surface area contributed by atoms with Gasteiger partial charge in [0, 0.05) is 36.7 Å². The van der Waals surface area contributed by atoms with Gasteiger partial charge in [-0.15, -0.1) is 11.3 Å². The van der Waals surface area contributed by atoms with E-state index >= 15 is 0 Å². The number of aliphatic hydroxyl groups is 1. The second-order valence-corrected chi connectivity index (χ2v) is 14.7. The summed E-state index contributed by atoms with van der Waals surface area (Å²) >= 11 is 1.30. The number of benzene rings is 2. The molecular weight excluding hydrogens is 542 g/mol. The Balaban J connectivity index is 1.51. The van der Waals surface area contributed by atoms with E-state index in [1.54, 1.807) is 32.4 Å². The van der Waals surface area contributed by atoms with Crippen molar-refractivity contribution >= 4 is 45.2 Å². The van der Waals surface area contributed by atoms with Crippen molar-refractivity contribution in [2.75, 3.05) is 50.1 Å². The molecule has 0 aliphatic carbocycles. The highest BCUT2D eigenvalue weighted by molar-refractivity contribution is 7.70. The number of rotatable bonds is 8. The van der Waals surface area contributed by atoms with Gasteiger partial charge in [-0.1, -0.05) is 24.0 Å². The summed E-state index contributed by atoms with van der Waals surface area (Å²) in [6.45, 7) is 7.86. The van der Waals surface area contributed by atoms with E-state index in [1.807, 2.05) is 30.3 Å². The van der Waals surface area contributed by atoms with Crippen LogP contribution < -0.4 is 15.9 Å². The number of thiophene rings is 1. The predicted octanol–water partition coefficient (Wildman–Crippen LogP) is 5.97. The fourth-order valence-corrected chi connectivity index (χ4v) is 6.86. The minimum atomic E-state index is -4.34. The largest absolute Gasteiger partial charge is 0.393 e. The van der Waals surface area contributed by atoms with Crippen LogP contribution in [0.2, 0.25) is 0 Å². The molecule has 2 heterocycles. The van der Waals surface area contributed by atoms with E-state index in [1.165, 1.54) is 11.3 Å². The lowest BCUT2D eigenvalue weighted by Crippen LogP contribution is -2.41. The van der Waals surface area contributed by atoms with Crippen molar-refractivity contribution in [1.29, 1.82) is 0 Å². The molecule has 1 aliphatic rings. The van der Waals surface area contributed by atoms with Gasteiger partial charge in [-0.2, -0.15) is 13.2 Å². The van der Waals surface area contributed by atoms with Crippen LogP contribution >= 0.6 is 18.5 Å². The number of alkyl halides is 3. The number of halogens is 3. The third-order valence-corrected chi connectivity index (χ3v) is 9.48. The highest BCUT2D eigenvalue weighted by Gasteiger charge is 2.31. The summed E-state index contributed by atoms with van der Waals surface area (Å²) in [4.78, 5) is 2.66. The maximum atomic E-state index is 13.5. The molecule has 1 fully saturated rings. The summed E-state index contributed by atoms with van der Waals surface area (Å²) in [6, 6.07) is 13.0. The molecule has 39 heavy (non-hydrogen) atoms. The normalized spacial score (nSPS) is 16.1. The molecular formula is C29H35F3N3O2PS. The molecule has 4 rings (SSSR count). The summed E-state index contributed by atoms with van der Waals surface area (Å²) in [5, 5.41) is 17.7. The van der Waals surface area contributed by atoms with E-state index in [9.17, 15) is 22.8 Å². The zero-order valence-corrected chi connectivity index (χ0v) is 24.1. The number of piperidine rings is 1.